The maximum absolute atomic E-state index is 11.8. The lowest BCUT2D eigenvalue weighted by atomic mass is 10.1. The zero-order valence-corrected chi connectivity index (χ0v) is 11.1. The molecule has 1 N–H and O–H groups in total. The molecule has 0 spiro atoms. The van der Waals surface area contributed by atoms with Crippen molar-refractivity contribution in [2.45, 2.75) is 38.7 Å². The number of hydrogen-bond acceptors (Lipinski definition) is 3. The fraction of sp³-hybridized carbons (Fsp3) is 0.467. The first-order valence-electron chi connectivity index (χ1n) is 6.67. The Morgan fingerprint density at radius 2 is 2.26 bits per heavy atom. The molecule has 1 aromatic rings. The summed E-state index contributed by atoms with van der Waals surface area (Å²) in [6.45, 7) is 2.32. The first-order valence-corrected chi connectivity index (χ1v) is 6.67. The lowest BCUT2D eigenvalue weighted by Gasteiger charge is -2.09. The number of hydrogen-bond donors (Lipinski definition) is 1. The standard InChI is InChI=1S/C15H19NO3/c1-11(17)12-4-2-5-13(10-12)16-15(18)8-7-14-6-3-9-19-14/h2,4-5,10,14H,3,6-9H2,1H3,(H,16,18)/t14-/m1/s1. The van der Waals surface area contributed by atoms with Gasteiger partial charge in [-0.05, 0) is 38.3 Å². The SMILES string of the molecule is CC(=O)c1cccc(NC(=O)CC[C@H]2CCCO2)c1. The number of amides is 1. The number of Topliss-reactive ketones (excluding diaryl/α,β-unsaturated/α-hetero) is 1. The average molecular weight is 261 g/mol. The van der Waals surface area contributed by atoms with Gasteiger partial charge < -0.3 is 10.1 Å². The molecule has 19 heavy (non-hydrogen) atoms. The van der Waals surface area contributed by atoms with Crippen molar-refractivity contribution in [3.63, 3.8) is 0 Å². The van der Waals surface area contributed by atoms with Crippen LogP contribution in [0.3, 0.4) is 0 Å². The van der Waals surface area contributed by atoms with Crippen molar-refractivity contribution in [3.05, 3.63) is 29.8 Å². The quantitative estimate of drug-likeness (QED) is 0.829. The van der Waals surface area contributed by atoms with Crippen LogP contribution >= 0.6 is 0 Å². The van der Waals surface area contributed by atoms with Gasteiger partial charge in [-0.25, -0.2) is 0 Å². The van der Waals surface area contributed by atoms with Crippen molar-refractivity contribution in [1.29, 1.82) is 0 Å². The third-order valence-corrected chi connectivity index (χ3v) is 3.27. The maximum atomic E-state index is 11.8. The van der Waals surface area contributed by atoms with Crippen LogP contribution in [-0.2, 0) is 9.53 Å². The minimum atomic E-state index is -0.0313. The summed E-state index contributed by atoms with van der Waals surface area (Å²) in [4.78, 5) is 23.1. The lowest BCUT2D eigenvalue weighted by molar-refractivity contribution is -0.116. The van der Waals surface area contributed by atoms with Crippen LogP contribution < -0.4 is 5.32 Å². The van der Waals surface area contributed by atoms with E-state index in [1.54, 1.807) is 24.3 Å². The van der Waals surface area contributed by atoms with Gasteiger partial charge in [0.15, 0.2) is 5.78 Å². The topological polar surface area (TPSA) is 55.4 Å². The Morgan fingerprint density at radius 1 is 1.42 bits per heavy atom. The molecule has 4 heteroatoms. The van der Waals surface area contributed by atoms with Gasteiger partial charge in [0, 0.05) is 24.3 Å². The van der Waals surface area contributed by atoms with Crippen LogP contribution in [0, 0.1) is 0 Å². The highest BCUT2D eigenvalue weighted by Crippen LogP contribution is 2.17. The molecule has 1 atom stereocenters. The molecule has 0 unspecified atom stereocenters. The molecule has 1 saturated heterocycles. The Hall–Kier alpha value is -1.68. The summed E-state index contributed by atoms with van der Waals surface area (Å²) in [5.74, 6) is -0.0355. The molecule has 4 nitrogen and oxygen atoms in total. The van der Waals surface area contributed by atoms with Crippen LogP contribution in [0.25, 0.3) is 0 Å². The third-order valence-electron chi connectivity index (χ3n) is 3.27. The first kappa shape index (κ1) is 13.7. The molecule has 0 aromatic heterocycles. The summed E-state index contributed by atoms with van der Waals surface area (Å²) in [5, 5.41) is 2.81. The fourth-order valence-corrected chi connectivity index (χ4v) is 2.20. The van der Waals surface area contributed by atoms with Gasteiger partial charge >= 0.3 is 0 Å². The summed E-state index contributed by atoms with van der Waals surface area (Å²) < 4.78 is 5.48. The van der Waals surface area contributed by atoms with Crippen LogP contribution in [0.2, 0.25) is 0 Å². The molecule has 1 amide bonds. The van der Waals surface area contributed by atoms with Crippen LogP contribution in [0.5, 0.6) is 0 Å². The number of anilines is 1. The number of carbonyl (C=O) groups is 2. The summed E-state index contributed by atoms with van der Waals surface area (Å²) in [7, 11) is 0. The van der Waals surface area contributed by atoms with Crippen LogP contribution in [0.15, 0.2) is 24.3 Å². The van der Waals surface area contributed by atoms with Crippen LogP contribution in [0.1, 0.15) is 43.0 Å². The summed E-state index contributed by atoms with van der Waals surface area (Å²) in [5.41, 5.74) is 1.28. The number of carbonyl (C=O) groups excluding carboxylic acids is 2. The predicted molar refractivity (Wildman–Crippen MR) is 73.3 cm³/mol. The highest BCUT2D eigenvalue weighted by Gasteiger charge is 2.16. The van der Waals surface area contributed by atoms with E-state index in [0.717, 1.165) is 25.9 Å². The van der Waals surface area contributed by atoms with Crippen molar-refractivity contribution in [2.24, 2.45) is 0 Å². The monoisotopic (exact) mass is 261 g/mol. The smallest absolute Gasteiger partial charge is 0.224 e. The average Bonchev–Trinajstić information content (AvgIpc) is 2.90. The largest absolute Gasteiger partial charge is 0.378 e. The fourth-order valence-electron chi connectivity index (χ4n) is 2.20. The van der Waals surface area contributed by atoms with Gasteiger partial charge in [-0.3, -0.25) is 9.59 Å². The van der Waals surface area contributed by atoms with E-state index < -0.39 is 0 Å². The molecule has 0 radical (unpaired) electrons. The Kier molecular flexibility index (Phi) is 4.68. The van der Waals surface area contributed by atoms with Crippen molar-refractivity contribution >= 4 is 17.4 Å². The molecule has 1 fully saturated rings. The first-order chi connectivity index (χ1) is 9.15. The normalized spacial score (nSPS) is 18.3. The van der Waals surface area contributed by atoms with E-state index in [0.29, 0.717) is 17.7 Å². The molecule has 0 saturated carbocycles. The van der Waals surface area contributed by atoms with E-state index in [9.17, 15) is 9.59 Å². The second-order valence-corrected chi connectivity index (χ2v) is 4.86. The van der Waals surface area contributed by atoms with Gasteiger partial charge in [0.1, 0.15) is 0 Å². The van der Waals surface area contributed by atoms with Gasteiger partial charge in [-0.15, -0.1) is 0 Å². The van der Waals surface area contributed by atoms with Crippen molar-refractivity contribution < 1.29 is 14.3 Å². The summed E-state index contributed by atoms with van der Waals surface area (Å²) in [6, 6.07) is 7.00. The predicted octanol–water partition coefficient (Wildman–Crippen LogP) is 2.79. The highest BCUT2D eigenvalue weighted by atomic mass is 16.5. The molecule has 0 aliphatic carbocycles. The van der Waals surface area contributed by atoms with E-state index in [1.165, 1.54) is 6.92 Å². The zero-order valence-electron chi connectivity index (χ0n) is 11.1. The molecule has 1 aliphatic rings. The minimum Gasteiger partial charge on any atom is -0.378 e. The minimum absolute atomic E-state index is 0.00421. The Morgan fingerprint density at radius 3 is 2.95 bits per heavy atom. The van der Waals surface area contributed by atoms with Gasteiger partial charge in [0.05, 0.1) is 6.10 Å². The molecule has 1 heterocycles. The summed E-state index contributed by atoms with van der Waals surface area (Å²) in [6.07, 6.45) is 3.59. The summed E-state index contributed by atoms with van der Waals surface area (Å²) >= 11 is 0. The van der Waals surface area contributed by atoms with Crippen LogP contribution in [-0.4, -0.2) is 24.4 Å². The maximum Gasteiger partial charge on any atom is 0.224 e. The van der Waals surface area contributed by atoms with E-state index in [1.807, 2.05) is 0 Å². The van der Waals surface area contributed by atoms with Gasteiger partial charge in [-0.2, -0.15) is 0 Å². The molecule has 102 valence electrons. The van der Waals surface area contributed by atoms with Gasteiger partial charge in [0.2, 0.25) is 5.91 Å². The number of ketones is 1. The second-order valence-electron chi connectivity index (χ2n) is 4.86. The van der Waals surface area contributed by atoms with E-state index in [4.69, 9.17) is 4.74 Å². The molecular formula is C15H19NO3. The van der Waals surface area contributed by atoms with Crippen molar-refractivity contribution in [3.8, 4) is 0 Å². The number of benzene rings is 1. The molecular weight excluding hydrogens is 242 g/mol. The lowest BCUT2D eigenvalue weighted by Crippen LogP contribution is -2.15. The van der Waals surface area contributed by atoms with Gasteiger partial charge in [-0.1, -0.05) is 12.1 Å². The molecule has 2 rings (SSSR count). The highest BCUT2D eigenvalue weighted by molar-refractivity contribution is 5.97. The number of ether oxygens (including phenoxy) is 1. The second kappa shape index (κ2) is 6.48. The van der Waals surface area contributed by atoms with Gasteiger partial charge in [0.25, 0.3) is 0 Å². The van der Waals surface area contributed by atoms with Crippen molar-refractivity contribution in [1.82, 2.24) is 0 Å². The van der Waals surface area contributed by atoms with E-state index >= 15 is 0 Å². The van der Waals surface area contributed by atoms with Crippen LogP contribution in [0.4, 0.5) is 5.69 Å². The van der Waals surface area contributed by atoms with E-state index in [2.05, 4.69) is 5.32 Å². The molecule has 1 aliphatic heterocycles. The zero-order chi connectivity index (χ0) is 13.7. The molecule has 0 bridgehead atoms. The Bertz CT molecular complexity index is 464. The third kappa shape index (κ3) is 4.17. The number of nitrogens with one attached hydrogen (secondary N) is 1. The molecule has 1 aromatic carbocycles. The number of rotatable bonds is 5. The van der Waals surface area contributed by atoms with Crippen molar-refractivity contribution in [2.75, 3.05) is 11.9 Å². The van der Waals surface area contributed by atoms with E-state index in [-0.39, 0.29) is 17.8 Å². The Balaban J connectivity index is 1.84. The Labute approximate surface area is 113 Å².